The molecule has 0 saturated heterocycles. The van der Waals surface area contributed by atoms with Crippen molar-refractivity contribution in [3.05, 3.63) is 64.7 Å². The lowest BCUT2D eigenvalue weighted by Gasteiger charge is -2.13. The number of nitrogens with zero attached hydrogens (tertiary/aromatic N) is 1. The van der Waals surface area contributed by atoms with Crippen molar-refractivity contribution in [1.82, 2.24) is 4.98 Å². The Hall–Kier alpha value is -1.95. The highest BCUT2D eigenvalue weighted by molar-refractivity contribution is 5.31. The normalized spacial score (nSPS) is 13.3. The number of halogens is 4. The number of aryl methyl sites for hydroxylation is 1. The second-order valence-corrected chi connectivity index (χ2v) is 4.40. The molecule has 0 aliphatic rings. The first-order chi connectivity index (χ1) is 9.29. The molecule has 1 heterocycles. The first kappa shape index (κ1) is 14.5. The summed E-state index contributed by atoms with van der Waals surface area (Å²) in [6.45, 7) is 1.81. The molecule has 0 radical (unpaired) electrons. The summed E-state index contributed by atoms with van der Waals surface area (Å²) in [4.78, 5) is 3.96. The van der Waals surface area contributed by atoms with Crippen LogP contribution in [0.2, 0.25) is 0 Å². The van der Waals surface area contributed by atoms with Gasteiger partial charge < -0.3 is 5.11 Å². The van der Waals surface area contributed by atoms with Crippen LogP contribution in [0.15, 0.2) is 36.5 Å². The van der Waals surface area contributed by atoms with Gasteiger partial charge in [0.15, 0.2) is 0 Å². The molecule has 2 nitrogen and oxygen atoms in total. The minimum absolute atomic E-state index is 0.0202. The van der Waals surface area contributed by atoms with Crippen molar-refractivity contribution in [3.63, 3.8) is 0 Å². The van der Waals surface area contributed by atoms with E-state index >= 15 is 0 Å². The molecule has 0 aliphatic carbocycles. The van der Waals surface area contributed by atoms with Gasteiger partial charge in [-0.3, -0.25) is 4.98 Å². The molecule has 0 amide bonds. The Morgan fingerprint density at radius 1 is 1.15 bits per heavy atom. The van der Waals surface area contributed by atoms with E-state index in [9.17, 15) is 22.7 Å². The average Bonchev–Trinajstić information content (AvgIpc) is 2.37. The van der Waals surface area contributed by atoms with Gasteiger partial charge in [-0.25, -0.2) is 4.39 Å². The molecule has 6 heteroatoms. The van der Waals surface area contributed by atoms with Gasteiger partial charge in [0.2, 0.25) is 0 Å². The third-order valence-electron chi connectivity index (χ3n) is 2.83. The van der Waals surface area contributed by atoms with Crippen molar-refractivity contribution in [2.24, 2.45) is 0 Å². The van der Waals surface area contributed by atoms with Crippen LogP contribution < -0.4 is 0 Å². The van der Waals surface area contributed by atoms with Gasteiger partial charge in [-0.1, -0.05) is 12.1 Å². The van der Waals surface area contributed by atoms with Crippen molar-refractivity contribution < 1.29 is 22.7 Å². The Labute approximate surface area is 112 Å². The zero-order valence-electron chi connectivity index (χ0n) is 10.4. The number of aliphatic hydroxyl groups excluding tert-OH is 1. The highest BCUT2D eigenvalue weighted by Crippen LogP contribution is 2.33. The van der Waals surface area contributed by atoms with E-state index in [4.69, 9.17) is 0 Å². The molecule has 0 fully saturated rings. The third-order valence-corrected chi connectivity index (χ3v) is 2.83. The van der Waals surface area contributed by atoms with E-state index < -0.39 is 23.7 Å². The summed E-state index contributed by atoms with van der Waals surface area (Å²) in [5.41, 5.74) is -0.216. The second kappa shape index (κ2) is 5.20. The van der Waals surface area contributed by atoms with Crippen LogP contribution in [0, 0.1) is 12.7 Å². The summed E-state index contributed by atoms with van der Waals surface area (Å²) < 4.78 is 50.7. The van der Waals surface area contributed by atoms with Crippen LogP contribution >= 0.6 is 0 Å². The number of hydrogen-bond acceptors (Lipinski definition) is 2. The van der Waals surface area contributed by atoms with E-state index in [1.54, 1.807) is 13.0 Å². The van der Waals surface area contributed by atoms with Crippen LogP contribution in [0.25, 0.3) is 0 Å². The van der Waals surface area contributed by atoms with E-state index in [1.165, 1.54) is 12.3 Å². The predicted molar refractivity (Wildman–Crippen MR) is 64.4 cm³/mol. The van der Waals surface area contributed by atoms with Crippen LogP contribution in [0.1, 0.15) is 28.5 Å². The zero-order valence-corrected chi connectivity index (χ0v) is 10.4. The summed E-state index contributed by atoms with van der Waals surface area (Å²) in [6, 6.07) is 5.57. The third kappa shape index (κ3) is 2.96. The smallest absolute Gasteiger partial charge is 0.382 e. The molecule has 1 N–H and O–H groups in total. The van der Waals surface area contributed by atoms with Gasteiger partial charge in [0, 0.05) is 6.20 Å². The summed E-state index contributed by atoms with van der Waals surface area (Å²) in [5, 5.41) is 9.99. The second-order valence-electron chi connectivity index (χ2n) is 4.40. The quantitative estimate of drug-likeness (QED) is 0.855. The fourth-order valence-electron chi connectivity index (χ4n) is 1.74. The predicted octanol–water partition coefficient (Wildman–Crippen LogP) is 3.63. The largest absolute Gasteiger partial charge is 0.419 e. The minimum atomic E-state index is -4.75. The number of rotatable bonds is 2. The molecule has 0 saturated carbocycles. The summed E-state index contributed by atoms with van der Waals surface area (Å²) >= 11 is 0. The van der Waals surface area contributed by atoms with E-state index in [1.807, 2.05) is 0 Å². The lowest BCUT2D eigenvalue weighted by Crippen LogP contribution is -2.10. The maximum Gasteiger partial charge on any atom is 0.419 e. The number of aromatic nitrogens is 1. The van der Waals surface area contributed by atoms with E-state index in [0.29, 0.717) is 12.1 Å². The highest BCUT2D eigenvalue weighted by atomic mass is 19.4. The standard InChI is InChI=1S/C14H11F4NO/c1-8-2-5-12(19-7-8)13(20)9-3-4-10(11(15)6-9)14(16,17)18/h2-7,13,20H,1H3. The van der Waals surface area contributed by atoms with Gasteiger partial charge in [-0.2, -0.15) is 13.2 Å². The Bertz CT molecular complexity index is 608. The maximum absolute atomic E-state index is 13.4. The fraction of sp³-hybridized carbons (Fsp3) is 0.214. The zero-order chi connectivity index (χ0) is 14.9. The van der Waals surface area contributed by atoms with Gasteiger partial charge in [-0.15, -0.1) is 0 Å². The molecular formula is C14H11F4NO. The number of aliphatic hydroxyl groups is 1. The number of pyridine rings is 1. The molecule has 1 atom stereocenters. The van der Waals surface area contributed by atoms with E-state index in [0.717, 1.165) is 11.6 Å². The van der Waals surface area contributed by atoms with E-state index in [2.05, 4.69) is 4.98 Å². The maximum atomic E-state index is 13.4. The first-order valence-corrected chi connectivity index (χ1v) is 5.76. The van der Waals surface area contributed by atoms with Crippen LogP contribution in [0.4, 0.5) is 17.6 Å². The van der Waals surface area contributed by atoms with Gasteiger partial charge in [-0.05, 0) is 36.2 Å². The van der Waals surface area contributed by atoms with Crippen molar-refractivity contribution in [3.8, 4) is 0 Å². The number of alkyl halides is 3. The Kier molecular flexibility index (Phi) is 3.76. The summed E-state index contributed by atoms with van der Waals surface area (Å²) in [5.74, 6) is -1.42. The average molecular weight is 285 g/mol. The van der Waals surface area contributed by atoms with E-state index in [-0.39, 0.29) is 11.3 Å². The molecule has 0 aliphatic heterocycles. The van der Waals surface area contributed by atoms with Crippen molar-refractivity contribution in [2.45, 2.75) is 19.2 Å². The van der Waals surface area contributed by atoms with Gasteiger partial charge in [0.25, 0.3) is 0 Å². The molecule has 2 aromatic rings. The lowest BCUT2D eigenvalue weighted by molar-refractivity contribution is -0.140. The fourth-order valence-corrected chi connectivity index (χ4v) is 1.74. The van der Waals surface area contributed by atoms with Crippen molar-refractivity contribution >= 4 is 0 Å². The SMILES string of the molecule is Cc1ccc(C(O)c2ccc(C(F)(F)F)c(F)c2)nc1. The Morgan fingerprint density at radius 3 is 2.35 bits per heavy atom. The van der Waals surface area contributed by atoms with Crippen LogP contribution in [-0.4, -0.2) is 10.1 Å². The highest BCUT2D eigenvalue weighted by Gasteiger charge is 2.34. The summed E-state index contributed by atoms with van der Waals surface area (Å²) in [7, 11) is 0. The molecule has 1 aromatic heterocycles. The molecular weight excluding hydrogens is 274 g/mol. The molecule has 0 spiro atoms. The summed E-state index contributed by atoms with van der Waals surface area (Å²) in [6.07, 6.45) is -4.51. The first-order valence-electron chi connectivity index (χ1n) is 5.76. The molecule has 1 unspecified atom stereocenters. The number of hydrogen-bond donors (Lipinski definition) is 1. The molecule has 2 rings (SSSR count). The van der Waals surface area contributed by atoms with Crippen LogP contribution in [-0.2, 0) is 6.18 Å². The Morgan fingerprint density at radius 2 is 1.85 bits per heavy atom. The van der Waals surface area contributed by atoms with Crippen molar-refractivity contribution in [2.75, 3.05) is 0 Å². The molecule has 1 aromatic carbocycles. The topological polar surface area (TPSA) is 33.1 Å². The van der Waals surface area contributed by atoms with Crippen molar-refractivity contribution in [1.29, 1.82) is 0 Å². The monoisotopic (exact) mass is 285 g/mol. The molecule has 0 bridgehead atoms. The van der Waals surface area contributed by atoms with Gasteiger partial charge in [0.1, 0.15) is 11.9 Å². The Balaban J connectivity index is 2.34. The lowest BCUT2D eigenvalue weighted by atomic mass is 10.0. The van der Waals surface area contributed by atoms with Gasteiger partial charge >= 0.3 is 6.18 Å². The molecule has 106 valence electrons. The minimum Gasteiger partial charge on any atom is -0.382 e. The molecule has 20 heavy (non-hydrogen) atoms. The number of benzene rings is 1. The van der Waals surface area contributed by atoms with Crippen LogP contribution in [0.5, 0.6) is 0 Å². The van der Waals surface area contributed by atoms with Gasteiger partial charge in [0.05, 0.1) is 11.3 Å². The van der Waals surface area contributed by atoms with Crippen LogP contribution in [0.3, 0.4) is 0 Å².